The molecule has 2 nitrogen and oxygen atoms in total. The summed E-state index contributed by atoms with van der Waals surface area (Å²) in [5, 5.41) is 3.30. The third-order valence-corrected chi connectivity index (χ3v) is 2.19. The maximum absolute atomic E-state index is 3.30. The first-order chi connectivity index (χ1) is 4.04. The van der Waals surface area contributed by atoms with Crippen LogP contribution >= 0.6 is 0 Å². The lowest BCUT2D eigenvalue weighted by molar-refractivity contribution is -0.563. The minimum atomic E-state index is 0.310. The van der Waals surface area contributed by atoms with Crippen molar-refractivity contribution >= 4 is 5.84 Å². The molecule has 0 spiro atoms. The molecule has 0 amide bonds. The first kappa shape index (κ1) is 6.59. The Kier molecular flexibility index (Phi) is 1.26. The molecule has 0 aromatic heterocycles. The molecule has 0 unspecified atom stereocenters. The summed E-state index contributed by atoms with van der Waals surface area (Å²) < 4.78 is 2.27. The molecule has 1 N–H and O–H groups in total. The highest BCUT2D eigenvalue weighted by molar-refractivity contribution is 5.75. The zero-order valence-corrected chi connectivity index (χ0v) is 6.65. The molecule has 0 atom stereocenters. The Morgan fingerprint density at radius 3 is 2.22 bits per heavy atom. The molecule has 0 saturated carbocycles. The van der Waals surface area contributed by atoms with Crippen LogP contribution in [0, 0.1) is 0 Å². The van der Waals surface area contributed by atoms with Gasteiger partial charge in [-0.25, -0.2) is 0 Å². The fourth-order valence-electron chi connectivity index (χ4n) is 1.04. The number of nitrogens with one attached hydrogen (secondary N) is 1. The first-order valence-electron chi connectivity index (χ1n) is 3.35. The van der Waals surface area contributed by atoms with Gasteiger partial charge in [-0.1, -0.05) is 0 Å². The molecule has 0 bridgehead atoms. The van der Waals surface area contributed by atoms with Gasteiger partial charge in [0.25, 0.3) is 0 Å². The molecule has 52 valence electrons. The van der Waals surface area contributed by atoms with Crippen molar-refractivity contribution in [2.24, 2.45) is 0 Å². The SMILES string of the molecule is CC1=[N+](C)C(C)(C)CN1. The number of rotatable bonds is 0. The smallest absolute Gasteiger partial charge is 0.241 e. The second-order valence-electron chi connectivity index (χ2n) is 3.31. The van der Waals surface area contributed by atoms with Gasteiger partial charge < -0.3 is 0 Å². The zero-order valence-electron chi connectivity index (χ0n) is 6.65. The molecule has 1 aliphatic heterocycles. The van der Waals surface area contributed by atoms with Crippen LogP contribution in [0.15, 0.2) is 0 Å². The Bertz CT molecular complexity index is 156. The van der Waals surface area contributed by atoms with Crippen LogP contribution in [0.5, 0.6) is 0 Å². The molecule has 0 aliphatic carbocycles. The average molecular weight is 127 g/mol. The van der Waals surface area contributed by atoms with Gasteiger partial charge in [0.2, 0.25) is 5.84 Å². The van der Waals surface area contributed by atoms with Gasteiger partial charge in [-0.05, 0) is 13.8 Å². The Balaban J connectivity index is 2.88. The number of amidine groups is 1. The third-order valence-electron chi connectivity index (χ3n) is 2.19. The summed E-state index contributed by atoms with van der Waals surface area (Å²) in [6.45, 7) is 7.64. The molecule has 1 rings (SSSR count). The summed E-state index contributed by atoms with van der Waals surface area (Å²) in [5.74, 6) is 1.28. The molecule has 0 saturated heterocycles. The van der Waals surface area contributed by atoms with Crippen molar-refractivity contribution < 1.29 is 4.58 Å². The molecule has 1 aliphatic rings. The van der Waals surface area contributed by atoms with E-state index in [1.54, 1.807) is 0 Å². The Morgan fingerprint density at radius 2 is 2.11 bits per heavy atom. The highest BCUT2D eigenvalue weighted by atomic mass is 15.2. The quantitative estimate of drug-likeness (QED) is 0.466. The fourth-order valence-corrected chi connectivity index (χ4v) is 1.04. The molecule has 2 heteroatoms. The van der Waals surface area contributed by atoms with Crippen LogP contribution in [0.1, 0.15) is 20.8 Å². The van der Waals surface area contributed by atoms with Crippen LogP contribution in [-0.2, 0) is 0 Å². The van der Waals surface area contributed by atoms with E-state index in [2.05, 4.69) is 37.7 Å². The maximum atomic E-state index is 3.30. The Labute approximate surface area is 56.6 Å². The number of hydrogen-bond acceptors (Lipinski definition) is 1. The normalized spacial score (nSPS) is 24.4. The van der Waals surface area contributed by atoms with Crippen molar-refractivity contribution in [2.75, 3.05) is 13.6 Å². The van der Waals surface area contributed by atoms with E-state index in [-0.39, 0.29) is 0 Å². The van der Waals surface area contributed by atoms with E-state index in [0.29, 0.717) is 5.54 Å². The van der Waals surface area contributed by atoms with Gasteiger partial charge in [0.1, 0.15) is 12.1 Å². The lowest BCUT2D eigenvalue weighted by Crippen LogP contribution is -2.33. The van der Waals surface area contributed by atoms with Crippen LogP contribution in [0.25, 0.3) is 0 Å². The number of hydrogen-bond donors (Lipinski definition) is 1. The van der Waals surface area contributed by atoms with Crippen LogP contribution in [0.2, 0.25) is 0 Å². The molecular weight excluding hydrogens is 112 g/mol. The third kappa shape index (κ3) is 0.934. The standard InChI is InChI=1S/C7H14N2/c1-6-8-5-7(2,3)9(6)4/h5H2,1-4H3/p+1. The molecule has 0 radical (unpaired) electrons. The topological polar surface area (TPSA) is 15.0 Å². The van der Waals surface area contributed by atoms with Crippen molar-refractivity contribution in [1.82, 2.24) is 5.32 Å². The molecule has 1 heterocycles. The summed E-state index contributed by atoms with van der Waals surface area (Å²) >= 11 is 0. The molecule has 0 aromatic rings. The van der Waals surface area contributed by atoms with Gasteiger partial charge in [0.05, 0.1) is 7.05 Å². The van der Waals surface area contributed by atoms with Crippen molar-refractivity contribution in [3.63, 3.8) is 0 Å². The van der Waals surface area contributed by atoms with E-state index in [1.165, 1.54) is 5.84 Å². The minimum Gasteiger partial charge on any atom is -0.274 e. The molecule has 0 fully saturated rings. The highest BCUT2D eigenvalue weighted by Gasteiger charge is 2.33. The Morgan fingerprint density at radius 1 is 1.56 bits per heavy atom. The van der Waals surface area contributed by atoms with Crippen molar-refractivity contribution in [3.05, 3.63) is 0 Å². The van der Waals surface area contributed by atoms with Gasteiger partial charge in [-0.3, -0.25) is 9.89 Å². The summed E-state index contributed by atoms with van der Waals surface area (Å²) in [6.07, 6.45) is 0. The molecular formula is C7H15N2+. The second-order valence-corrected chi connectivity index (χ2v) is 3.31. The second kappa shape index (κ2) is 1.72. The minimum absolute atomic E-state index is 0.310. The average Bonchev–Trinajstić information content (AvgIpc) is 1.97. The first-order valence-corrected chi connectivity index (χ1v) is 3.35. The van der Waals surface area contributed by atoms with Crippen molar-refractivity contribution in [1.29, 1.82) is 0 Å². The molecule has 9 heavy (non-hydrogen) atoms. The van der Waals surface area contributed by atoms with Crippen molar-refractivity contribution in [3.8, 4) is 0 Å². The molecule has 0 aromatic carbocycles. The van der Waals surface area contributed by atoms with E-state index in [4.69, 9.17) is 0 Å². The maximum Gasteiger partial charge on any atom is 0.241 e. The fraction of sp³-hybridized carbons (Fsp3) is 0.857. The summed E-state index contributed by atoms with van der Waals surface area (Å²) in [4.78, 5) is 0. The van der Waals surface area contributed by atoms with Gasteiger partial charge >= 0.3 is 0 Å². The van der Waals surface area contributed by atoms with Crippen LogP contribution in [-0.4, -0.2) is 29.5 Å². The number of likely N-dealkylation sites (N-methyl/N-ethyl adjacent to an activating group) is 1. The van der Waals surface area contributed by atoms with E-state index in [9.17, 15) is 0 Å². The van der Waals surface area contributed by atoms with E-state index < -0.39 is 0 Å². The predicted octanol–water partition coefficient (Wildman–Crippen LogP) is 0.429. The summed E-state index contributed by atoms with van der Waals surface area (Å²) in [6, 6.07) is 0. The lowest BCUT2D eigenvalue weighted by Gasteiger charge is -2.13. The van der Waals surface area contributed by atoms with Gasteiger partial charge in [-0.2, -0.15) is 0 Å². The van der Waals surface area contributed by atoms with Gasteiger partial charge in [0.15, 0.2) is 0 Å². The number of nitrogens with zero attached hydrogens (tertiary/aromatic N) is 1. The van der Waals surface area contributed by atoms with E-state index in [0.717, 1.165) is 6.54 Å². The summed E-state index contributed by atoms with van der Waals surface area (Å²) in [5.41, 5.74) is 0.310. The Hall–Kier alpha value is -0.530. The largest absolute Gasteiger partial charge is 0.274 e. The van der Waals surface area contributed by atoms with Crippen LogP contribution in [0.4, 0.5) is 0 Å². The van der Waals surface area contributed by atoms with Crippen LogP contribution in [0.3, 0.4) is 0 Å². The monoisotopic (exact) mass is 127 g/mol. The highest BCUT2D eigenvalue weighted by Crippen LogP contribution is 2.09. The van der Waals surface area contributed by atoms with Gasteiger partial charge in [0, 0.05) is 6.92 Å². The summed E-state index contributed by atoms with van der Waals surface area (Å²) in [7, 11) is 2.12. The van der Waals surface area contributed by atoms with Crippen molar-refractivity contribution in [2.45, 2.75) is 26.3 Å². The van der Waals surface area contributed by atoms with Gasteiger partial charge in [-0.15, -0.1) is 0 Å². The zero-order chi connectivity index (χ0) is 7.07. The van der Waals surface area contributed by atoms with E-state index in [1.807, 2.05) is 0 Å². The van der Waals surface area contributed by atoms with Crippen LogP contribution < -0.4 is 5.32 Å². The lowest BCUT2D eigenvalue weighted by atomic mass is 10.1. The predicted molar refractivity (Wildman–Crippen MR) is 38.9 cm³/mol. The van der Waals surface area contributed by atoms with E-state index >= 15 is 0 Å².